The summed E-state index contributed by atoms with van der Waals surface area (Å²) < 4.78 is 5.22. The molecule has 22 heavy (non-hydrogen) atoms. The summed E-state index contributed by atoms with van der Waals surface area (Å²) in [5.41, 5.74) is 7.12. The highest BCUT2D eigenvalue weighted by molar-refractivity contribution is 6.30. The third kappa shape index (κ3) is 3.15. The maximum atomic E-state index is 12.4. The number of nitrogens with two attached hydrogens (primary N) is 1. The van der Waals surface area contributed by atoms with Gasteiger partial charge in [0, 0.05) is 29.7 Å². The molecule has 1 aliphatic heterocycles. The van der Waals surface area contributed by atoms with Gasteiger partial charge in [-0.25, -0.2) is 0 Å². The number of aromatic nitrogens is 1. The Kier molecular flexibility index (Phi) is 4.45. The molecule has 1 aromatic carbocycles. The van der Waals surface area contributed by atoms with Crippen molar-refractivity contribution < 1.29 is 9.32 Å². The summed E-state index contributed by atoms with van der Waals surface area (Å²) in [6.07, 6.45) is 1.88. The molecule has 6 heteroatoms. The first-order valence-electron chi connectivity index (χ1n) is 7.39. The van der Waals surface area contributed by atoms with Crippen LogP contribution in [0, 0.1) is 5.92 Å². The SMILES string of the molecule is NCC1CCN(C(=O)c2cc(-c3cccc(Cl)c3)no2)CC1. The largest absolute Gasteiger partial charge is 0.350 e. The van der Waals surface area contributed by atoms with Gasteiger partial charge in [-0.2, -0.15) is 0 Å². The lowest BCUT2D eigenvalue weighted by Crippen LogP contribution is -2.39. The number of carbonyl (C=O) groups excluding carboxylic acids is 1. The van der Waals surface area contributed by atoms with Crippen LogP contribution < -0.4 is 5.73 Å². The number of nitrogens with zero attached hydrogens (tertiary/aromatic N) is 2. The summed E-state index contributed by atoms with van der Waals surface area (Å²) in [5, 5.41) is 4.60. The zero-order chi connectivity index (χ0) is 15.5. The molecule has 1 saturated heterocycles. The predicted octanol–water partition coefficient (Wildman–Crippen LogP) is 2.81. The molecule has 5 nitrogen and oxygen atoms in total. The summed E-state index contributed by atoms with van der Waals surface area (Å²) in [5.74, 6) is 0.665. The average molecular weight is 320 g/mol. The van der Waals surface area contributed by atoms with Crippen molar-refractivity contribution in [2.45, 2.75) is 12.8 Å². The molecule has 2 N–H and O–H groups in total. The maximum Gasteiger partial charge on any atom is 0.292 e. The fraction of sp³-hybridized carbons (Fsp3) is 0.375. The van der Waals surface area contributed by atoms with Crippen molar-refractivity contribution in [2.75, 3.05) is 19.6 Å². The minimum atomic E-state index is -0.115. The highest BCUT2D eigenvalue weighted by atomic mass is 35.5. The lowest BCUT2D eigenvalue weighted by Gasteiger charge is -2.30. The average Bonchev–Trinajstić information content (AvgIpc) is 3.04. The van der Waals surface area contributed by atoms with Crippen molar-refractivity contribution >= 4 is 17.5 Å². The van der Waals surface area contributed by atoms with Crippen molar-refractivity contribution in [3.8, 4) is 11.3 Å². The Labute approximate surface area is 134 Å². The van der Waals surface area contributed by atoms with Crippen LogP contribution in [0.5, 0.6) is 0 Å². The van der Waals surface area contributed by atoms with E-state index < -0.39 is 0 Å². The summed E-state index contributed by atoms with van der Waals surface area (Å²) >= 11 is 5.97. The number of likely N-dealkylation sites (tertiary alicyclic amines) is 1. The highest BCUT2D eigenvalue weighted by Gasteiger charge is 2.25. The smallest absolute Gasteiger partial charge is 0.292 e. The van der Waals surface area contributed by atoms with Gasteiger partial charge in [-0.15, -0.1) is 0 Å². The van der Waals surface area contributed by atoms with E-state index in [1.165, 1.54) is 0 Å². The lowest BCUT2D eigenvalue weighted by atomic mass is 9.97. The molecule has 0 spiro atoms. The molecule has 0 atom stereocenters. The molecule has 0 radical (unpaired) electrons. The molecule has 0 unspecified atom stereocenters. The number of amides is 1. The third-order valence-electron chi connectivity index (χ3n) is 4.08. The fourth-order valence-corrected chi connectivity index (χ4v) is 2.88. The first-order chi connectivity index (χ1) is 10.7. The first kappa shape index (κ1) is 15.1. The van der Waals surface area contributed by atoms with E-state index in [0.29, 0.717) is 36.3 Å². The molecule has 0 aliphatic carbocycles. The number of hydrogen-bond donors (Lipinski definition) is 1. The Morgan fingerprint density at radius 2 is 2.14 bits per heavy atom. The lowest BCUT2D eigenvalue weighted by molar-refractivity contribution is 0.0651. The summed E-state index contributed by atoms with van der Waals surface area (Å²) in [6, 6.07) is 8.97. The van der Waals surface area contributed by atoms with Gasteiger partial charge in [-0.1, -0.05) is 28.9 Å². The van der Waals surface area contributed by atoms with Crippen LogP contribution in [0.2, 0.25) is 5.02 Å². The first-order valence-corrected chi connectivity index (χ1v) is 7.77. The van der Waals surface area contributed by atoms with Crippen molar-refractivity contribution in [3.05, 3.63) is 41.1 Å². The van der Waals surface area contributed by atoms with Crippen LogP contribution in [-0.2, 0) is 0 Å². The molecule has 1 fully saturated rings. The summed E-state index contributed by atoms with van der Waals surface area (Å²) in [7, 11) is 0. The minimum absolute atomic E-state index is 0.115. The Morgan fingerprint density at radius 1 is 1.36 bits per heavy atom. The second-order valence-corrected chi connectivity index (χ2v) is 5.99. The Morgan fingerprint density at radius 3 is 2.82 bits per heavy atom. The van der Waals surface area contributed by atoms with Gasteiger partial charge < -0.3 is 15.2 Å². The monoisotopic (exact) mass is 319 g/mol. The van der Waals surface area contributed by atoms with E-state index in [4.69, 9.17) is 21.9 Å². The van der Waals surface area contributed by atoms with Crippen molar-refractivity contribution in [3.63, 3.8) is 0 Å². The van der Waals surface area contributed by atoms with Gasteiger partial charge in [0.1, 0.15) is 5.69 Å². The molecular weight excluding hydrogens is 302 g/mol. The van der Waals surface area contributed by atoms with E-state index in [1.54, 1.807) is 23.1 Å². The zero-order valence-electron chi connectivity index (χ0n) is 12.2. The van der Waals surface area contributed by atoms with E-state index in [1.807, 2.05) is 12.1 Å². The van der Waals surface area contributed by atoms with Gasteiger partial charge in [-0.05, 0) is 37.4 Å². The van der Waals surface area contributed by atoms with Crippen LogP contribution in [0.4, 0.5) is 0 Å². The van der Waals surface area contributed by atoms with Crippen LogP contribution in [-0.4, -0.2) is 35.6 Å². The molecular formula is C16H18ClN3O2. The number of hydrogen-bond acceptors (Lipinski definition) is 4. The van der Waals surface area contributed by atoms with E-state index in [0.717, 1.165) is 18.4 Å². The van der Waals surface area contributed by atoms with Crippen molar-refractivity contribution in [2.24, 2.45) is 11.7 Å². The fourth-order valence-electron chi connectivity index (χ4n) is 2.69. The topological polar surface area (TPSA) is 72.4 Å². The molecule has 1 amide bonds. The summed E-state index contributed by atoms with van der Waals surface area (Å²) in [6.45, 7) is 2.12. The number of rotatable bonds is 3. The predicted molar refractivity (Wildman–Crippen MR) is 84.6 cm³/mol. The highest BCUT2D eigenvalue weighted by Crippen LogP contribution is 2.24. The second-order valence-electron chi connectivity index (χ2n) is 5.56. The van der Waals surface area contributed by atoms with Crippen LogP contribution in [0.25, 0.3) is 11.3 Å². The van der Waals surface area contributed by atoms with Crippen LogP contribution in [0.1, 0.15) is 23.4 Å². The van der Waals surface area contributed by atoms with Gasteiger partial charge >= 0.3 is 0 Å². The normalized spacial score (nSPS) is 16.0. The molecule has 2 aromatic rings. The van der Waals surface area contributed by atoms with Gasteiger partial charge in [0.15, 0.2) is 0 Å². The van der Waals surface area contributed by atoms with Gasteiger partial charge in [0.25, 0.3) is 5.91 Å². The van der Waals surface area contributed by atoms with Gasteiger partial charge in [0.05, 0.1) is 0 Å². The Hall–Kier alpha value is -1.85. The number of halogens is 1. The second kappa shape index (κ2) is 6.50. The van der Waals surface area contributed by atoms with E-state index in [-0.39, 0.29) is 11.7 Å². The minimum Gasteiger partial charge on any atom is -0.350 e. The third-order valence-corrected chi connectivity index (χ3v) is 4.31. The van der Waals surface area contributed by atoms with E-state index in [9.17, 15) is 4.79 Å². The Balaban J connectivity index is 1.72. The number of carbonyl (C=O) groups is 1. The number of piperidine rings is 1. The summed E-state index contributed by atoms with van der Waals surface area (Å²) in [4.78, 5) is 14.2. The molecule has 0 bridgehead atoms. The molecule has 3 rings (SSSR count). The number of benzene rings is 1. The molecule has 116 valence electrons. The molecule has 0 saturated carbocycles. The van der Waals surface area contributed by atoms with Crippen molar-refractivity contribution in [1.82, 2.24) is 10.1 Å². The zero-order valence-corrected chi connectivity index (χ0v) is 12.9. The van der Waals surface area contributed by atoms with E-state index >= 15 is 0 Å². The van der Waals surface area contributed by atoms with Crippen LogP contribution in [0.3, 0.4) is 0 Å². The van der Waals surface area contributed by atoms with Crippen LogP contribution in [0.15, 0.2) is 34.9 Å². The van der Waals surface area contributed by atoms with Gasteiger partial charge in [0.2, 0.25) is 5.76 Å². The molecule has 2 heterocycles. The molecule has 1 aromatic heterocycles. The standard InChI is InChI=1S/C16H18ClN3O2/c17-13-3-1-2-12(8-13)14-9-15(22-19-14)16(21)20-6-4-11(10-18)5-7-20/h1-3,8-9,11H,4-7,10,18H2. The van der Waals surface area contributed by atoms with Gasteiger partial charge in [-0.3, -0.25) is 4.79 Å². The van der Waals surface area contributed by atoms with Crippen LogP contribution >= 0.6 is 11.6 Å². The molecule has 1 aliphatic rings. The maximum absolute atomic E-state index is 12.4. The van der Waals surface area contributed by atoms with E-state index in [2.05, 4.69) is 5.16 Å². The Bertz CT molecular complexity index is 663. The quantitative estimate of drug-likeness (QED) is 0.944. The van der Waals surface area contributed by atoms with Crippen molar-refractivity contribution in [1.29, 1.82) is 0 Å².